The molecular weight excluding hydrogens is 375 g/mol. The zero-order valence-corrected chi connectivity index (χ0v) is 16.4. The van der Waals surface area contributed by atoms with Crippen LogP contribution in [0, 0.1) is 0 Å². The number of fused-ring (bicyclic) bond motifs is 1. The average molecular weight is 399 g/mol. The number of alkyl halides is 3. The zero-order chi connectivity index (χ0) is 20.4. The van der Waals surface area contributed by atoms with E-state index in [2.05, 4.69) is 28.9 Å². The normalized spacial score (nSPS) is 18.0. The third-order valence-corrected chi connectivity index (χ3v) is 5.63. The van der Waals surface area contributed by atoms with E-state index in [0.717, 1.165) is 73.1 Å². The van der Waals surface area contributed by atoms with Gasteiger partial charge in [-0.25, -0.2) is 4.99 Å². The van der Waals surface area contributed by atoms with E-state index in [-0.39, 0.29) is 0 Å². The summed E-state index contributed by atoms with van der Waals surface area (Å²) in [4.78, 5) is 9.63. The van der Waals surface area contributed by atoms with E-state index in [1.165, 1.54) is 0 Å². The van der Waals surface area contributed by atoms with Crippen LogP contribution in [0.25, 0.3) is 5.57 Å². The van der Waals surface area contributed by atoms with Gasteiger partial charge in [0.25, 0.3) is 0 Å². The van der Waals surface area contributed by atoms with Crippen LogP contribution in [0.2, 0.25) is 0 Å². The lowest BCUT2D eigenvalue weighted by molar-refractivity contribution is -0.137. The van der Waals surface area contributed by atoms with Gasteiger partial charge in [0.05, 0.1) is 11.3 Å². The van der Waals surface area contributed by atoms with Crippen molar-refractivity contribution in [2.45, 2.75) is 19.5 Å². The van der Waals surface area contributed by atoms with Gasteiger partial charge >= 0.3 is 6.18 Å². The molecule has 0 radical (unpaired) electrons. The van der Waals surface area contributed by atoms with Crippen molar-refractivity contribution in [3.05, 3.63) is 71.3 Å². The molecule has 0 unspecified atom stereocenters. The minimum atomic E-state index is -4.33. The molecule has 6 heteroatoms. The maximum Gasteiger partial charge on any atom is 0.416 e. The second-order valence-corrected chi connectivity index (χ2v) is 7.38. The molecule has 2 aromatic rings. The second kappa shape index (κ2) is 8.03. The summed E-state index contributed by atoms with van der Waals surface area (Å²) in [6.07, 6.45) is -1.53. The fraction of sp³-hybridized carbons (Fsp3) is 0.348. The number of nitrogens with zero attached hydrogens (tertiary/aromatic N) is 3. The maximum absolute atomic E-state index is 13.0. The number of likely N-dealkylation sites (N-methyl/N-ethyl adjacent to an activating group) is 1. The Morgan fingerprint density at radius 2 is 1.62 bits per heavy atom. The van der Waals surface area contributed by atoms with E-state index in [0.29, 0.717) is 6.42 Å². The van der Waals surface area contributed by atoms with Gasteiger partial charge in [0, 0.05) is 31.8 Å². The molecule has 29 heavy (non-hydrogen) atoms. The van der Waals surface area contributed by atoms with Gasteiger partial charge in [-0.3, -0.25) is 0 Å². The SMILES string of the molecule is CCN1CCN(C2=Nc3ccccc3CC=C2c2ccc(C(F)(F)F)cc2)CC1. The molecule has 2 aliphatic rings. The largest absolute Gasteiger partial charge is 0.416 e. The van der Waals surface area contributed by atoms with Crippen molar-refractivity contribution < 1.29 is 13.2 Å². The summed E-state index contributed by atoms with van der Waals surface area (Å²) in [7, 11) is 0. The fourth-order valence-corrected chi connectivity index (χ4v) is 3.87. The van der Waals surface area contributed by atoms with Crippen LogP contribution in [0.4, 0.5) is 18.9 Å². The summed E-state index contributed by atoms with van der Waals surface area (Å²) in [5.41, 5.74) is 3.09. The fourth-order valence-electron chi connectivity index (χ4n) is 3.87. The highest BCUT2D eigenvalue weighted by molar-refractivity contribution is 6.23. The molecule has 1 saturated heterocycles. The summed E-state index contributed by atoms with van der Waals surface area (Å²) in [6, 6.07) is 13.4. The van der Waals surface area contributed by atoms with Crippen LogP contribution in [0.5, 0.6) is 0 Å². The first-order chi connectivity index (χ1) is 14.0. The minimum Gasteiger partial charge on any atom is -0.354 e. The van der Waals surface area contributed by atoms with Crippen LogP contribution in [-0.4, -0.2) is 48.4 Å². The quantitative estimate of drug-likeness (QED) is 0.707. The van der Waals surface area contributed by atoms with E-state index in [4.69, 9.17) is 4.99 Å². The van der Waals surface area contributed by atoms with E-state index in [1.54, 1.807) is 12.1 Å². The molecule has 2 aromatic carbocycles. The highest BCUT2D eigenvalue weighted by Gasteiger charge is 2.30. The Morgan fingerprint density at radius 3 is 2.28 bits per heavy atom. The Morgan fingerprint density at radius 1 is 0.931 bits per heavy atom. The Hall–Kier alpha value is -2.60. The van der Waals surface area contributed by atoms with Gasteiger partial charge in [-0.2, -0.15) is 13.2 Å². The number of halogens is 3. The first-order valence-electron chi connectivity index (χ1n) is 9.98. The molecule has 0 bridgehead atoms. The van der Waals surface area contributed by atoms with Crippen LogP contribution >= 0.6 is 0 Å². The molecule has 0 aliphatic carbocycles. The molecule has 3 nitrogen and oxygen atoms in total. The lowest BCUT2D eigenvalue weighted by Crippen LogP contribution is -2.48. The van der Waals surface area contributed by atoms with Crippen molar-refractivity contribution in [1.82, 2.24) is 9.80 Å². The van der Waals surface area contributed by atoms with E-state index in [9.17, 15) is 13.2 Å². The smallest absolute Gasteiger partial charge is 0.354 e. The van der Waals surface area contributed by atoms with Crippen molar-refractivity contribution in [3.63, 3.8) is 0 Å². The summed E-state index contributed by atoms with van der Waals surface area (Å²) in [5, 5.41) is 0. The molecule has 0 spiro atoms. The molecule has 0 amide bonds. The first-order valence-corrected chi connectivity index (χ1v) is 9.98. The summed E-state index contributed by atoms with van der Waals surface area (Å²) in [5.74, 6) is 0.852. The van der Waals surface area contributed by atoms with Gasteiger partial charge in [-0.05, 0) is 42.3 Å². The Bertz CT molecular complexity index is 921. The monoisotopic (exact) mass is 399 g/mol. The van der Waals surface area contributed by atoms with Crippen LogP contribution in [0.3, 0.4) is 0 Å². The van der Waals surface area contributed by atoms with Gasteiger partial charge in [0.2, 0.25) is 0 Å². The molecule has 2 heterocycles. The Kier molecular flexibility index (Phi) is 5.46. The molecule has 4 rings (SSSR count). The molecular formula is C23H24F3N3. The lowest BCUT2D eigenvalue weighted by Gasteiger charge is -2.36. The zero-order valence-electron chi connectivity index (χ0n) is 16.4. The average Bonchev–Trinajstić information content (AvgIpc) is 2.93. The van der Waals surface area contributed by atoms with Gasteiger partial charge < -0.3 is 9.80 Å². The van der Waals surface area contributed by atoms with E-state index < -0.39 is 11.7 Å². The number of para-hydroxylation sites is 1. The number of amidine groups is 1. The van der Waals surface area contributed by atoms with Crippen LogP contribution in [0.1, 0.15) is 23.6 Å². The topological polar surface area (TPSA) is 18.8 Å². The predicted octanol–water partition coefficient (Wildman–Crippen LogP) is 5.01. The lowest BCUT2D eigenvalue weighted by atomic mass is 10.00. The summed E-state index contributed by atoms with van der Waals surface area (Å²) in [6.45, 7) is 6.79. The highest BCUT2D eigenvalue weighted by Crippen LogP contribution is 2.33. The first kappa shape index (κ1) is 19.7. The molecule has 0 aromatic heterocycles. The number of benzene rings is 2. The van der Waals surface area contributed by atoms with Crippen molar-refractivity contribution in [2.75, 3.05) is 32.7 Å². The van der Waals surface area contributed by atoms with Crippen LogP contribution < -0.4 is 0 Å². The van der Waals surface area contributed by atoms with E-state index in [1.807, 2.05) is 18.2 Å². The molecule has 1 fully saturated rings. The second-order valence-electron chi connectivity index (χ2n) is 7.38. The summed E-state index contributed by atoms with van der Waals surface area (Å²) < 4.78 is 39.0. The number of rotatable bonds is 2. The Balaban J connectivity index is 1.72. The molecule has 0 atom stereocenters. The standard InChI is InChI=1S/C23H24F3N3/c1-2-28-13-15-29(16-14-28)22-20(12-9-18-5-3-4-6-21(18)27-22)17-7-10-19(11-8-17)23(24,25)26/h3-8,10-12H,2,9,13-16H2,1H3. The molecule has 152 valence electrons. The van der Waals surface area contributed by atoms with Crippen LogP contribution in [-0.2, 0) is 12.6 Å². The van der Waals surface area contributed by atoms with Crippen LogP contribution in [0.15, 0.2) is 59.6 Å². The molecule has 0 saturated carbocycles. The number of allylic oxidation sites excluding steroid dienone is 1. The van der Waals surface area contributed by atoms with Gasteiger partial charge in [-0.1, -0.05) is 43.3 Å². The number of hydrogen-bond donors (Lipinski definition) is 0. The van der Waals surface area contributed by atoms with Crippen molar-refractivity contribution in [2.24, 2.45) is 4.99 Å². The van der Waals surface area contributed by atoms with Gasteiger partial charge in [0.1, 0.15) is 5.84 Å². The van der Waals surface area contributed by atoms with Crippen molar-refractivity contribution in [3.8, 4) is 0 Å². The van der Waals surface area contributed by atoms with Gasteiger partial charge in [-0.15, -0.1) is 0 Å². The summed E-state index contributed by atoms with van der Waals surface area (Å²) >= 11 is 0. The maximum atomic E-state index is 13.0. The third kappa shape index (κ3) is 4.22. The number of aliphatic imine (C=N–C) groups is 1. The predicted molar refractivity (Wildman–Crippen MR) is 110 cm³/mol. The number of piperazine rings is 1. The van der Waals surface area contributed by atoms with E-state index >= 15 is 0 Å². The highest BCUT2D eigenvalue weighted by atomic mass is 19.4. The minimum absolute atomic E-state index is 0.631. The molecule has 0 N–H and O–H groups in total. The molecule has 2 aliphatic heterocycles. The number of hydrogen-bond acceptors (Lipinski definition) is 3. The third-order valence-electron chi connectivity index (χ3n) is 5.63. The Labute approximate surface area is 169 Å². The van der Waals surface area contributed by atoms with Gasteiger partial charge in [0.15, 0.2) is 0 Å². The van der Waals surface area contributed by atoms with Crippen molar-refractivity contribution >= 4 is 17.1 Å². The van der Waals surface area contributed by atoms with Crippen molar-refractivity contribution in [1.29, 1.82) is 0 Å².